The minimum Gasteiger partial charge on any atom is -0.394 e. The summed E-state index contributed by atoms with van der Waals surface area (Å²) >= 11 is 0. The predicted molar refractivity (Wildman–Crippen MR) is 496 cm³/mol. The number of hydrogen-bond acceptors (Lipinski definition) is 24. The zero-order chi connectivity index (χ0) is 105. The first-order valence-electron chi connectivity index (χ1n) is 45.6. The van der Waals surface area contributed by atoms with Gasteiger partial charge in [0, 0.05) is 39.3 Å². The van der Waals surface area contributed by atoms with Crippen molar-refractivity contribution in [2.75, 3.05) is 26.2 Å². The van der Waals surface area contributed by atoms with Crippen molar-refractivity contribution in [2.45, 2.75) is 381 Å². The lowest BCUT2D eigenvalue weighted by atomic mass is 9.94. The molecule has 0 aromatic rings. The minimum absolute atomic E-state index is 0.0252. The average molecular weight is 1930 g/mol. The molecule has 0 spiro atoms. The van der Waals surface area contributed by atoms with Crippen LogP contribution in [-0.4, -0.2) is 287 Å². The van der Waals surface area contributed by atoms with Crippen molar-refractivity contribution in [3.8, 4) is 0 Å². The van der Waals surface area contributed by atoms with Crippen LogP contribution in [0.5, 0.6) is 0 Å². The molecular weight excluding hydrogens is 1780 g/mol. The van der Waals surface area contributed by atoms with Gasteiger partial charge in [0.1, 0.15) is 104 Å². The first kappa shape index (κ1) is 120. The van der Waals surface area contributed by atoms with Crippen LogP contribution in [0.15, 0.2) is 0 Å². The fourth-order valence-electron chi connectivity index (χ4n) is 14.3. The Morgan fingerprint density at radius 2 is 0.691 bits per heavy atom. The molecule has 2 saturated heterocycles. The predicted octanol–water partition coefficient (Wildman–Crippen LogP) is -5.00. The highest BCUT2D eigenvalue weighted by Gasteiger charge is 2.50. The van der Waals surface area contributed by atoms with E-state index in [1.807, 2.05) is 13.8 Å². The van der Waals surface area contributed by atoms with E-state index in [4.69, 9.17) is 17.2 Å². The molecule has 0 unspecified atom stereocenters. The van der Waals surface area contributed by atoms with Crippen LogP contribution in [0.4, 0.5) is 0 Å². The van der Waals surface area contributed by atoms with E-state index in [0.29, 0.717) is 19.3 Å². The number of carbonyl (C=O) groups is 23. The molecule has 0 radical (unpaired) electrons. The number of amides is 23. The largest absolute Gasteiger partial charge is 0.394 e. The number of aliphatic hydroxyl groups excluding tert-OH is 1. The summed E-state index contributed by atoms with van der Waals surface area (Å²) in [6, 6.07) is -11.5. The van der Waals surface area contributed by atoms with E-state index in [0.717, 1.165) is 0 Å². The summed E-state index contributed by atoms with van der Waals surface area (Å²) in [7, 11) is 0. The summed E-state index contributed by atoms with van der Waals surface area (Å²) in [6.45, 7) is 38.3. The van der Waals surface area contributed by atoms with Gasteiger partial charge in [-0.2, -0.15) is 0 Å². The van der Waals surface area contributed by atoms with Crippen molar-refractivity contribution in [2.24, 2.45) is 35.0 Å². The Labute approximate surface area is 795 Å². The van der Waals surface area contributed by atoms with E-state index in [9.17, 15) is 115 Å². The number of carbonyl (C=O) groups excluding carboxylic acids is 23. The molecule has 0 bridgehead atoms. The molecule has 2 aliphatic heterocycles. The van der Waals surface area contributed by atoms with Gasteiger partial charge in [-0.25, -0.2) is 0 Å². The Morgan fingerprint density at radius 1 is 0.353 bits per heavy atom. The zero-order valence-corrected chi connectivity index (χ0v) is 84.2. The average Bonchev–Trinajstić information content (AvgIpc) is 1.60. The molecule has 0 aromatic carbocycles. The van der Waals surface area contributed by atoms with E-state index in [-0.39, 0.29) is 57.5 Å². The van der Waals surface area contributed by atoms with Crippen LogP contribution >= 0.6 is 0 Å². The van der Waals surface area contributed by atoms with Crippen molar-refractivity contribution < 1.29 is 115 Å². The molecule has 10 atom stereocenters. The first-order valence-corrected chi connectivity index (χ1v) is 45.6. The van der Waals surface area contributed by atoms with E-state index in [1.54, 1.807) is 27.7 Å². The smallest absolute Gasteiger partial charge is 0.248 e. The van der Waals surface area contributed by atoms with E-state index in [1.165, 1.54) is 162 Å². The number of primary amides is 3. The van der Waals surface area contributed by atoms with Crippen molar-refractivity contribution in [3.05, 3.63) is 0 Å². The van der Waals surface area contributed by atoms with Crippen LogP contribution in [0.25, 0.3) is 0 Å². The van der Waals surface area contributed by atoms with Crippen molar-refractivity contribution in [1.82, 2.24) is 106 Å². The lowest BCUT2D eigenvalue weighted by Gasteiger charge is -2.36. The van der Waals surface area contributed by atoms with Gasteiger partial charge in [0.05, 0.1) is 19.2 Å². The Balaban J connectivity index is 2.16. The monoisotopic (exact) mass is 1930 g/mol. The minimum atomic E-state index is -1.92. The number of aliphatic hydroxyl groups is 1. The summed E-state index contributed by atoms with van der Waals surface area (Å²) < 4.78 is 0. The number of nitrogens with zero attached hydrogens (tertiary/aromatic N) is 2. The number of likely N-dealkylation sites (tertiary alicyclic amines) is 2. The van der Waals surface area contributed by atoms with Gasteiger partial charge >= 0.3 is 0 Å². The summed E-state index contributed by atoms with van der Waals surface area (Å²) in [6.07, 6.45) is -0.570. The second kappa shape index (κ2) is 49.0. The summed E-state index contributed by atoms with van der Waals surface area (Å²) in [5.41, 5.74) is -1.53. The third-order valence-corrected chi connectivity index (χ3v) is 23.1. The van der Waals surface area contributed by atoms with Gasteiger partial charge in [-0.3, -0.25) is 110 Å². The molecule has 136 heavy (non-hydrogen) atoms. The van der Waals surface area contributed by atoms with Crippen LogP contribution in [0.2, 0.25) is 0 Å². The maximum absolute atomic E-state index is 14.5. The molecule has 23 amide bonds. The maximum Gasteiger partial charge on any atom is 0.248 e. The highest BCUT2D eigenvalue weighted by Crippen LogP contribution is 2.27. The van der Waals surface area contributed by atoms with E-state index < -0.39 is 290 Å². The van der Waals surface area contributed by atoms with E-state index >= 15 is 0 Å². The van der Waals surface area contributed by atoms with Crippen molar-refractivity contribution in [3.63, 3.8) is 0 Å². The second-order valence-corrected chi connectivity index (χ2v) is 41.2. The van der Waals surface area contributed by atoms with Gasteiger partial charge in [0.25, 0.3) is 0 Å². The topological polar surface area (TPSA) is 714 Å². The molecule has 2 rings (SSSR count). The van der Waals surface area contributed by atoms with Gasteiger partial charge in [-0.1, -0.05) is 48.0 Å². The molecule has 0 aromatic heterocycles. The summed E-state index contributed by atoms with van der Waals surface area (Å²) in [4.78, 5) is 315. The van der Waals surface area contributed by atoms with Gasteiger partial charge in [0.2, 0.25) is 136 Å². The standard InChI is InChI=1S/C89H153N23O24/c1-29-47(6)61(100-74(131)82(13,14)104-65(122)53(36-39-58(92)117)98-73(130)84(17,18)108-76(133)86(21,22)103-62(119)48(7)94-71(128)81(11,12)105-67(124)55-33-31-41-112(55)78(135)88(25,26)101-49(8)114)69(126)107-80(9,10)70(127)93-43-59(118)102-85(19,20)75(132)110-89(27,28)79(136)111-40-30-32-54(111)66(123)99-60(46(4)5)68(125)106-87(23,24)77(134)109-83(15,16)72(129)97-52(35-38-57(91)116)64(121)96-51(34-37-56(90)115)63(120)95-50(44-113)42-45(2)3/h45-48,50-55,60-61,113H,29-44H2,1-28H3,(H2,90,115)(H2,91,116)(H2,92,117)(H,93,127)(H,94,128)(H,95,120)(H,96,121)(H,97,129)(H,98,130)(H,99,123)(H,100,131)(H,101,114)(H,102,118)(H,103,119)(H,104,122)(H,105,124)(H,106,125)(H,107,126)(H,108,133)(H,109,134)(H,110,132)/t47-,48-,50-,51-,52-,53-,54-,55-,60-,61-/m0/s1. The molecule has 768 valence electrons. The molecule has 2 fully saturated rings. The highest BCUT2D eigenvalue weighted by atomic mass is 16.3. The number of nitrogens with two attached hydrogens (primary N) is 3. The van der Waals surface area contributed by atoms with Crippen LogP contribution in [0, 0.1) is 17.8 Å². The van der Waals surface area contributed by atoms with Crippen molar-refractivity contribution in [1.29, 1.82) is 0 Å². The number of hydrogen-bond donors (Lipinski definition) is 22. The number of nitrogens with one attached hydrogen (secondary N) is 18. The molecule has 0 saturated carbocycles. The molecule has 2 aliphatic rings. The third-order valence-electron chi connectivity index (χ3n) is 23.1. The molecular formula is C89H153N23O24. The van der Waals surface area contributed by atoms with Gasteiger partial charge in [-0.15, -0.1) is 0 Å². The zero-order valence-electron chi connectivity index (χ0n) is 84.2. The van der Waals surface area contributed by atoms with Crippen LogP contribution in [0.1, 0.15) is 271 Å². The number of rotatable bonds is 52. The molecule has 0 aliphatic carbocycles. The van der Waals surface area contributed by atoms with Crippen LogP contribution < -0.4 is 113 Å². The fourth-order valence-corrected chi connectivity index (χ4v) is 14.3. The molecule has 2 heterocycles. The third kappa shape index (κ3) is 36.1. The highest BCUT2D eigenvalue weighted by molar-refractivity contribution is 6.05. The van der Waals surface area contributed by atoms with Crippen LogP contribution in [-0.2, 0) is 110 Å². The Kier molecular flexibility index (Phi) is 43.2. The lowest BCUT2D eigenvalue weighted by Crippen LogP contribution is -2.67. The normalized spacial score (nSPS) is 16.3. The Hall–Kier alpha value is -12.2. The Bertz CT molecular complexity index is 4480. The maximum atomic E-state index is 14.5. The summed E-state index contributed by atoms with van der Waals surface area (Å²) in [5.74, 6) is -20.7. The second-order valence-electron chi connectivity index (χ2n) is 41.2. The molecule has 47 heteroatoms. The Morgan fingerprint density at radius 3 is 1.10 bits per heavy atom. The SMILES string of the molecule is CC[C@H](C)[C@H](NC(=O)C(C)(C)NC(=O)[C@H](CCC(N)=O)NC(=O)C(C)(C)NC(=O)C(C)(C)NC(=O)[C@H](C)NC(=O)C(C)(C)NC(=O)[C@@H]1CCCN1C(=O)C(C)(C)NC(C)=O)C(=O)NC(C)(C)C(=O)NCC(=O)NC(C)(C)C(=O)NC(C)(C)C(=O)N1CCC[C@H]1C(=O)N[C@H](C(=O)NC(C)(C)C(=O)NC(C)(C)C(=O)N[C@@H](CCC(N)=O)C(=O)N[C@@H](CCC(N)=O)C(=O)N[C@H](CO)CC(C)C)C(C)C. The van der Waals surface area contributed by atoms with Gasteiger partial charge in [-0.05, 0) is 215 Å². The van der Waals surface area contributed by atoms with Gasteiger partial charge in [0.15, 0.2) is 0 Å². The van der Waals surface area contributed by atoms with E-state index in [2.05, 4.69) is 95.7 Å². The fraction of sp³-hybridized carbons (Fsp3) is 0.742. The van der Waals surface area contributed by atoms with Gasteiger partial charge < -0.3 is 128 Å². The van der Waals surface area contributed by atoms with Crippen molar-refractivity contribution >= 4 is 136 Å². The summed E-state index contributed by atoms with van der Waals surface area (Å²) in [5, 5.41) is 55.8. The quantitative estimate of drug-likeness (QED) is 0.0271. The first-order chi connectivity index (χ1) is 61.9. The van der Waals surface area contributed by atoms with Crippen LogP contribution in [0.3, 0.4) is 0 Å². The molecule has 47 nitrogen and oxygen atoms in total. The lowest BCUT2D eigenvalue weighted by molar-refractivity contribution is -0.146. The molecule has 25 N–H and O–H groups in total.